The van der Waals surface area contributed by atoms with Gasteiger partial charge in [-0.25, -0.2) is 0 Å². The highest BCUT2D eigenvalue weighted by atomic mass is 16.6. The first-order valence-electron chi connectivity index (χ1n) is 9.74. The molecule has 2 saturated carbocycles. The Labute approximate surface area is 145 Å². The molecule has 4 nitrogen and oxygen atoms in total. The summed E-state index contributed by atoms with van der Waals surface area (Å²) in [5.41, 5.74) is 0.0802. The van der Waals surface area contributed by atoms with Crippen molar-refractivity contribution in [3.05, 3.63) is 0 Å². The van der Waals surface area contributed by atoms with Gasteiger partial charge in [-0.2, -0.15) is 0 Å². The number of Topliss-reactive ketones (excluding diaryl/α,β-unsaturated/α-hetero) is 1. The summed E-state index contributed by atoms with van der Waals surface area (Å²) in [6.07, 6.45) is 7.62. The molecule has 0 radical (unpaired) electrons. The van der Waals surface area contributed by atoms with Crippen molar-refractivity contribution in [2.75, 3.05) is 6.61 Å². The van der Waals surface area contributed by atoms with E-state index in [1.54, 1.807) is 0 Å². The zero-order valence-corrected chi connectivity index (χ0v) is 15.6. The van der Waals surface area contributed by atoms with Crippen LogP contribution in [0.3, 0.4) is 0 Å². The van der Waals surface area contributed by atoms with Crippen LogP contribution in [0.4, 0.5) is 0 Å². The molecule has 4 aliphatic rings. The maximum atomic E-state index is 12.5. The van der Waals surface area contributed by atoms with Crippen molar-refractivity contribution in [3.8, 4) is 0 Å². The van der Waals surface area contributed by atoms with Gasteiger partial charge in [0.25, 0.3) is 0 Å². The third-order valence-electron chi connectivity index (χ3n) is 7.31. The molecule has 6 unspecified atom stereocenters. The molecule has 0 N–H and O–H groups in total. The largest absolute Gasteiger partial charge is 0.375 e. The minimum absolute atomic E-state index is 0.0929. The Bertz CT molecular complexity index is 530. The van der Waals surface area contributed by atoms with E-state index in [0.717, 1.165) is 38.5 Å². The van der Waals surface area contributed by atoms with Crippen LogP contribution >= 0.6 is 0 Å². The fourth-order valence-corrected chi connectivity index (χ4v) is 4.95. The summed E-state index contributed by atoms with van der Waals surface area (Å²) in [7, 11) is 0. The molecule has 2 aliphatic carbocycles. The highest BCUT2D eigenvalue weighted by Gasteiger charge is 2.57. The molecule has 0 aromatic carbocycles. The van der Waals surface area contributed by atoms with E-state index in [0.29, 0.717) is 36.9 Å². The number of ether oxygens (including phenoxy) is 3. The molecule has 0 aromatic rings. The van der Waals surface area contributed by atoms with Crippen LogP contribution in [0, 0.1) is 11.8 Å². The molecule has 4 fully saturated rings. The molecule has 2 aliphatic heterocycles. The predicted octanol–water partition coefficient (Wildman–Crippen LogP) is 3.66. The first-order valence-corrected chi connectivity index (χ1v) is 9.74. The molecule has 0 amide bonds. The summed E-state index contributed by atoms with van der Waals surface area (Å²) in [4.78, 5) is 12.5. The minimum Gasteiger partial charge on any atom is -0.375 e. The van der Waals surface area contributed by atoms with Crippen LogP contribution in [0.15, 0.2) is 0 Å². The fourth-order valence-electron chi connectivity index (χ4n) is 4.95. The number of epoxide rings is 2. The highest BCUT2D eigenvalue weighted by Crippen LogP contribution is 2.52. The summed E-state index contributed by atoms with van der Waals surface area (Å²) in [6, 6.07) is 0. The van der Waals surface area contributed by atoms with E-state index >= 15 is 0 Å². The SMILES string of the molecule is CC(C)(OCCC(=O)C1CCC2(C)OC2C1)C1CCC2(C)OC2C1. The lowest BCUT2D eigenvalue weighted by Crippen LogP contribution is -2.39. The van der Waals surface area contributed by atoms with E-state index in [1.807, 2.05) is 0 Å². The van der Waals surface area contributed by atoms with E-state index in [1.165, 1.54) is 0 Å². The summed E-state index contributed by atoms with van der Waals surface area (Å²) in [5, 5.41) is 0. The molecule has 2 heterocycles. The van der Waals surface area contributed by atoms with Crippen LogP contribution in [0.2, 0.25) is 0 Å². The molecular weight excluding hydrogens is 304 g/mol. The molecule has 2 saturated heterocycles. The maximum absolute atomic E-state index is 12.5. The Morgan fingerprint density at radius 2 is 1.71 bits per heavy atom. The lowest BCUT2D eigenvalue weighted by atomic mass is 9.75. The molecule has 0 spiro atoms. The lowest BCUT2D eigenvalue weighted by Gasteiger charge is -2.37. The standard InChI is InChI=1S/C20H32O4/c1-18(2,14-6-9-20(4)17(12-14)24-20)22-10-7-15(21)13-5-8-19(3)16(11-13)23-19/h13-14,16-17H,5-12H2,1-4H3. The van der Waals surface area contributed by atoms with Crippen molar-refractivity contribution >= 4 is 5.78 Å². The third-order valence-corrected chi connectivity index (χ3v) is 7.31. The van der Waals surface area contributed by atoms with Crippen LogP contribution in [0.1, 0.15) is 72.6 Å². The van der Waals surface area contributed by atoms with Gasteiger partial charge >= 0.3 is 0 Å². The topological polar surface area (TPSA) is 51.4 Å². The fraction of sp³-hybridized carbons (Fsp3) is 0.950. The van der Waals surface area contributed by atoms with Crippen molar-refractivity contribution in [2.45, 2.75) is 102 Å². The van der Waals surface area contributed by atoms with E-state index in [2.05, 4.69) is 27.7 Å². The van der Waals surface area contributed by atoms with Crippen molar-refractivity contribution in [2.24, 2.45) is 11.8 Å². The summed E-state index contributed by atoms with van der Waals surface area (Å²) in [6.45, 7) is 9.29. The Hall–Kier alpha value is -0.450. The average Bonchev–Trinajstić information content (AvgIpc) is 3.37. The molecule has 4 heteroatoms. The van der Waals surface area contributed by atoms with Gasteiger partial charge in [0.1, 0.15) is 5.78 Å². The zero-order valence-electron chi connectivity index (χ0n) is 15.6. The molecule has 136 valence electrons. The second kappa shape index (κ2) is 5.52. The van der Waals surface area contributed by atoms with Crippen molar-refractivity contribution in [1.29, 1.82) is 0 Å². The van der Waals surface area contributed by atoms with Gasteiger partial charge in [-0.15, -0.1) is 0 Å². The first kappa shape index (κ1) is 17.0. The number of carbonyl (C=O) groups is 1. The van der Waals surface area contributed by atoms with Crippen LogP contribution in [-0.4, -0.2) is 41.4 Å². The number of carbonyl (C=O) groups excluding carboxylic acids is 1. The van der Waals surface area contributed by atoms with Gasteiger partial charge < -0.3 is 14.2 Å². The Morgan fingerprint density at radius 1 is 1.08 bits per heavy atom. The quantitative estimate of drug-likeness (QED) is 0.695. The maximum Gasteiger partial charge on any atom is 0.138 e. The highest BCUT2D eigenvalue weighted by molar-refractivity contribution is 5.81. The normalized spacial score (nSPS) is 46.8. The monoisotopic (exact) mass is 336 g/mol. The second-order valence-electron chi connectivity index (χ2n) is 9.45. The molecule has 0 bridgehead atoms. The summed E-state index contributed by atoms with van der Waals surface area (Å²) in [5.74, 6) is 1.08. The number of rotatable bonds is 6. The second-order valence-corrected chi connectivity index (χ2v) is 9.45. The minimum atomic E-state index is -0.168. The summed E-state index contributed by atoms with van der Waals surface area (Å²) < 4.78 is 17.7. The predicted molar refractivity (Wildman–Crippen MR) is 90.9 cm³/mol. The lowest BCUT2D eigenvalue weighted by molar-refractivity contribution is -0.127. The number of hydrogen-bond donors (Lipinski definition) is 0. The zero-order chi connectivity index (χ0) is 17.2. The Kier molecular flexibility index (Phi) is 3.91. The van der Waals surface area contributed by atoms with E-state index in [-0.39, 0.29) is 22.7 Å². The van der Waals surface area contributed by atoms with Gasteiger partial charge in [-0.3, -0.25) is 4.79 Å². The third kappa shape index (κ3) is 3.06. The van der Waals surface area contributed by atoms with Gasteiger partial charge in [0.2, 0.25) is 0 Å². The average molecular weight is 336 g/mol. The van der Waals surface area contributed by atoms with Gasteiger partial charge in [0.15, 0.2) is 0 Å². The van der Waals surface area contributed by atoms with Gasteiger partial charge in [0.05, 0.1) is 35.6 Å². The molecular formula is C20H32O4. The Balaban J connectivity index is 1.21. The van der Waals surface area contributed by atoms with Crippen LogP contribution in [0.5, 0.6) is 0 Å². The molecule has 6 atom stereocenters. The smallest absolute Gasteiger partial charge is 0.138 e. The van der Waals surface area contributed by atoms with Gasteiger partial charge in [-0.05, 0) is 72.1 Å². The first-order chi connectivity index (χ1) is 11.2. The van der Waals surface area contributed by atoms with Crippen molar-refractivity contribution < 1.29 is 19.0 Å². The van der Waals surface area contributed by atoms with Gasteiger partial charge in [-0.1, -0.05) is 0 Å². The van der Waals surface area contributed by atoms with E-state index in [9.17, 15) is 4.79 Å². The number of fused-ring (bicyclic) bond motifs is 2. The molecule has 4 rings (SSSR count). The number of ketones is 1. The Morgan fingerprint density at radius 3 is 2.33 bits per heavy atom. The number of hydrogen-bond acceptors (Lipinski definition) is 4. The van der Waals surface area contributed by atoms with Crippen LogP contribution in [0.25, 0.3) is 0 Å². The van der Waals surface area contributed by atoms with Crippen molar-refractivity contribution in [3.63, 3.8) is 0 Å². The van der Waals surface area contributed by atoms with Gasteiger partial charge in [0, 0.05) is 12.3 Å². The van der Waals surface area contributed by atoms with E-state index in [4.69, 9.17) is 14.2 Å². The van der Waals surface area contributed by atoms with Crippen LogP contribution < -0.4 is 0 Å². The van der Waals surface area contributed by atoms with E-state index < -0.39 is 0 Å². The van der Waals surface area contributed by atoms with Crippen molar-refractivity contribution in [1.82, 2.24) is 0 Å². The van der Waals surface area contributed by atoms with Crippen LogP contribution in [-0.2, 0) is 19.0 Å². The molecule has 0 aromatic heterocycles. The molecule has 24 heavy (non-hydrogen) atoms. The summed E-state index contributed by atoms with van der Waals surface area (Å²) >= 11 is 0.